The van der Waals surface area contributed by atoms with Gasteiger partial charge in [0.05, 0.1) is 6.61 Å². The largest absolute Gasteiger partial charge is 0.395 e. The summed E-state index contributed by atoms with van der Waals surface area (Å²) in [5.74, 6) is 0. The van der Waals surface area contributed by atoms with Crippen molar-refractivity contribution in [2.75, 3.05) is 6.61 Å². The monoisotopic (exact) mass is 232 g/mol. The summed E-state index contributed by atoms with van der Waals surface area (Å²) in [6.45, 7) is 0.0920. The van der Waals surface area contributed by atoms with Crippen molar-refractivity contribution in [1.82, 2.24) is 10.2 Å². The van der Waals surface area contributed by atoms with Gasteiger partial charge in [-0.3, -0.25) is 0 Å². The first-order chi connectivity index (χ1) is 6.68. The maximum absolute atomic E-state index is 9.36. The van der Waals surface area contributed by atoms with Crippen LogP contribution in [0.3, 0.4) is 0 Å². The zero-order valence-electron chi connectivity index (χ0n) is 7.50. The highest BCUT2D eigenvalue weighted by Gasteiger charge is 2.40. The molecule has 1 aliphatic carbocycles. The second-order valence-corrected chi connectivity index (χ2v) is 4.41. The fourth-order valence-electron chi connectivity index (χ4n) is 1.84. The van der Waals surface area contributed by atoms with Gasteiger partial charge in [-0.25, -0.2) is 0 Å². The Morgan fingerprint density at radius 3 is 2.57 bits per heavy atom. The van der Waals surface area contributed by atoms with E-state index in [-0.39, 0.29) is 12.0 Å². The molecule has 0 radical (unpaired) electrons. The van der Waals surface area contributed by atoms with Crippen molar-refractivity contribution in [3.8, 4) is 0 Å². The molecule has 3 nitrogen and oxygen atoms in total. The van der Waals surface area contributed by atoms with E-state index in [1.807, 2.05) is 0 Å². The maximum atomic E-state index is 9.36. The van der Waals surface area contributed by atoms with Gasteiger partial charge in [-0.05, 0) is 18.9 Å². The first-order valence-electron chi connectivity index (χ1n) is 4.48. The van der Waals surface area contributed by atoms with Crippen LogP contribution in [0.4, 0.5) is 0 Å². The van der Waals surface area contributed by atoms with Gasteiger partial charge in [0, 0.05) is 11.0 Å². The molecule has 1 aliphatic rings. The zero-order valence-corrected chi connectivity index (χ0v) is 9.02. The topological polar surface area (TPSA) is 46.0 Å². The first kappa shape index (κ1) is 10.1. The molecule has 0 aromatic carbocycles. The first-order valence-corrected chi connectivity index (χ1v) is 5.24. The summed E-state index contributed by atoms with van der Waals surface area (Å²) >= 11 is 11.7. The Kier molecular flexibility index (Phi) is 2.64. The van der Waals surface area contributed by atoms with E-state index in [9.17, 15) is 5.11 Å². The number of aliphatic hydroxyl groups is 1. The Bertz CT molecular complexity index is 347. The zero-order chi connectivity index (χ0) is 10.2. The molecule has 0 unspecified atom stereocenters. The van der Waals surface area contributed by atoms with Crippen LogP contribution in [0.25, 0.3) is 0 Å². The van der Waals surface area contributed by atoms with Crippen LogP contribution in [-0.4, -0.2) is 21.9 Å². The second-order valence-electron chi connectivity index (χ2n) is 3.66. The lowest BCUT2D eigenvalue weighted by molar-refractivity contribution is 0.120. The highest BCUT2D eigenvalue weighted by molar-refractivity contribution is 6.31. The number of hydrogen-bond donors (Lipinski definition) is 1. The molecule has 0 atom stereocenters. The minimum Gasteiger partial charge on any atom is -0.395 e. The highest BCUT2D eigenvalue weighted by Crippen LogP contribution is 2.45. The SMILES string of the molecule is OCC1(c2cc(Cl)nnc2Cl)CCC1. The molecule has 0 saturated heterocycles. The molecular weight excluding hydrogens is 223 g/mol. The van der Waals surface area contributed by atoms with Crippen LogP contribution in [0.15, 0.2) is 6.07 Å². The molecule has 1 aromatic rings. The van der Waals surface area contributed by atoms with E-state index >= 15 is 0 Å². The van der Waals surface area contributed by atoms with Crippen LogP contribution in [0.1, 0.15) is 24.8 Å². The van der Waals surface area contributed by atoms with Crippen LogP contribution in [0, 0.1) is 0 Å². The second kappa shape index (κ2) is 3.65. The van der Waals surface area contributed by atoms with E-state index in [4.69, 9.17) is 23.2 Å². The Labute approximate surface area is 92.1 Å². The normalized spacial score (nSPS) is 19.1. The molecule has 1 N–H and O–H groups in total. The molecule has 0 bridgehead atoms. The molecule has 2 rings (SSSR count). The standard InChI is InChI=1S/C9H10Cl2N2O/c10-7-4-6(8(11)13-12-7)9(5-14)2-1-3-9/h4,14H,1-3,5H2. The van der Waals surface area contributed by atoms with Crippen LogP contribution in [0.2, 0.25) is 10.3 Å². The Hall–Kier alpha value is -0.380. The van der Waals surface area contributed by atoms with Crippen molar-refractivity contribution in [3.63, 3.8) is 0 Å². The molecule has 76 valence electrons. The number of nitrogens with zero attached hydrogens (tertiary/aromatic N) is 2. The summed E-state index contributed by atoms with van der Waals surface area (Å²) in [6.07, 6.45) is 2.98. The summed E-state index contributed by atoms with van der Waals surface area (Å²) in [6, 6.07) is 1.70. The van der Waals surface area contributed by atoms with Crippen LogP contribution < -0.4 is 0 Å². The van der Waals surface area contributed by atoms with Crippen LogP contribution in [0.5, 0.6) is 0 Å². The van der Waals surface area contributed by atoms with Gasteiger partial charge in [0.2, 0.25) is 0 Å². The average Bonchev–Trinajstić information content (AvgIpc) is 2.10. The summed E-state index contributed by atoms with van der Waals surface area (Å²) in [7, 11) is 0. The predicted octanol–water partition coefficient (Wildman–Crippen LogP) is 2.20. The third-order valence-electron chi connectivity index (χ3n) is 2.90. The molecule has 1 heterocycles. The lowest BCUT2D eigenvalue weighted by Crippen LogP contribution is -2.38. The molecule has 1 fully saturated rings. The number of aliphatic hydroxyl groups excluding tert-OH is 1. The van der Waals surface area contributed by atoms with Crippen molar-refractivity contribution in [2.24, 2.45) is 0 Å². The Balaban J connectivity index is 2.43. The van der Waals surface area contributed by atoms with Gasteiger partial charge in [-0.2, -0.15) is 0 Å². The average molecular weight is 233 g/mol. The Morgan fingerprint density at radius 1 is 1.36 bits per heavy atom. The fraction of sp³-hybridized carbons (Fsp3) is 0.556. The van der Waals surface area contributed by atoms with Gasteiger partial charge < -0.3 is 5.11 Å². The molecule has 5 heteroatoms. The summed E-state index contributed by atoms with van der Waals surface area (Å²) in [4.78, 5) is 0. The van der Waals surface area contributed by atoms with E-state index < -0.39 is 0 Å². The quantitative estimate of drug-likeness (QED) is 0.851. The molecule has 0 spiro atoms. The van der Waals surface area contributed by atoms with E-state index in [1.165, 1.54) is 0 Å². The van der Waals surface area contributed by atoms with Gasteiger partial charge in [0.1, 0.15) is 0 Å². The van der Waals surface area contributed by atoms with Crippen LogP contribution in [-0.2, 0) is 5.41 Å². The number of halogens is 2. The minimum atomic E-state index is -0.226. The Morgan fingerprint density at radius 2 is 2.07 bits per heavy atom. The summed E-state index contributed by atoms with van der Waals surface area (Å²) in [5.41, 5.74) is 0.601. The van der Waals surface area contributed by atoms with E-state index in [2.05, 4.69) is 10.2 Å². The summed E-state index contributed by atoms with van der Waals surface area (Å²) < 4.78 is 0. The van der Waals surface area contributed by atoms with Gasteiger partial charge >= 0.3 is 0 Å². The molecule has 0 amide bonds. The fourth-order valence-corrected chi connectivity index (χ4v) is 2.28. The predicted molar refractivity (Wildman–Crippen MR) is 54.7 cm³/mol. The van der Waals surface area contributed by atoms with Gasteiger partial charge in [-0.1, -0.05) is 29.6 Å². The van der Waals surface area contributed by atoms with Crippen molar-refractivity contribution in [1.29, 1.82) is 0 Å². The summed E-state index contributed by atoms with van der Waals surface area (Å²) in [5, 5.41) is 17.4. The van der Waals surface area contributed by atoms with Gasteiger partial charge in [0.25, 0.3) is 0 Å². The van der Waals surface area contributed by atoms with E-state index in [0.717, 1.165) is 24.8 Å². The number of rotatable bonds is 2. The van der Waals surface area contributed by atoms with Gasteiger partial charge in [0.15, 0.2) is 10.3 Å². The third-order valence-corrected chi connectivity index (χ3v) is 3.37. The number of aromatic nitrogens is 2. The van der Waals surface area contributed by atoms with Crippen LogP contribution >= 0.6 is 23.2 Å². The molecule has 1 saturated carbocycles. The van der Waals surface area contributed by atoms with Crippen molar-refractivity contribution in [3.05, 3.63) is 21.9 Å². The molecule has 0 aliphatic heterocycles. The smallest absolute Gasteiger partial charge is 0.155 e. The van der Waals surface area contributed by atoms with E-state index in [1.54, 1.807) is 6.07 Å². The van der Waals surface area contributed by atoms with Crippen molar-refractivity contribution < 1.29 is 5.11 Å². The highest BCUT2D eigenvalue weighted by atomic mass is 35.5. The van der Waals surface area contributed by atoms with Crippen molar-refractivity contribution in [2.45, 2.75) is 24.7 Å². The van der Waals surface area contributed by atoms with E-state index in [0.29, 0.717) is 10.3 Å². The third kappa shape index (κ3) is 1.49. The lowest BCUT2D eigenvalue weighted by Gasteiger charge is -2.40. The molecule has 1 aromatic heterocycles. The molecule has 14 heavy (non-hydrogen) atoms. The molecular formula is C9H10Cl2N2O. The van der Waals surface area contributed by atoms with Crippen molar-refractivity contribution >= 4 is 23.2 Å². The minimum absolute atomic E-state index is 0.0920. The van der Waals surface area contributed by atoms with Gasteiger partial charge in [-0.15, -0.1) is 10.2 Å². The maximum Gasteiger partial charge on any atom is 0.155 e. The lowest BCUT2D eigenvalue weighted by atomic mass is 9.65. The number of hydrogen-bond acceptors (Lipinski definition) is 3.